The Labute approximate surface area is 190 Å². The summed E-state index contributed by atoms with van der Waals surface area (Å²) in [6.45, 7) is 3.60. The Morgan fingerprint density at radius 3 is 2.50 bits per heavy atom. The molecular weight excluding hydrogens is 459 g/mol. The summed E-state index contributed by atoms with van der Waals surface area (Å²) in [5, 5.41) is 3.01. The average Bonchev–Trinajstić information content (AvgIpc) is 3.10. The van der Waals surface area contributed by atoms with Crippen molar-refractivity contribution in [2.24, 2.45) is 0 Å². The number of hydrogen-bond donors (Lipinski definition) is 2. The molecule has 7 nitrogen and oxygen atoms in total. The lowest BCUT2D eigenvalue weighted by Gasteiger charge is -2.16. The summed E-state index contributed by atoms with van der Waals surface area (Å²) in [6, 6.07) is 8.57. The molecule has 10 heteroatoms. The maximum absolute atomic E-state index is 13.4. The van der Waals surface area contributed by atoms with Crippen LogP contribution in [-0.2, 0) is 10.0 Å². The van der Waals surface area contributed by atoms with Gasteiger partial charge in [0.1, 0.15) is 22.9 Å². The molecule has 0 aliphatic heterocycles. The summed E-state index contributed by atoms with van der Waals surface area (Å²) < 4.78 is 52.6. The Balaban J connectivity index is 2.21. The summed E-state index contributed by atoms with van der Waals surface area (Å²) in [4.78, 5) is 12.7. The number of anilines is 1. The molecule has 0 radical (unpaired) electrons. The molecule has 3 aromatic rings. The van der Waals surface area contributed by atoms with Gasteiger partial charge in [-0.2, -0.15) is 0 Å². The Morgan fingerprint density at radius 2 is 1.91 bits per heavy atom. The SMILES string of the molecule is CNC(=O)c1c(-c2ccc(F)cc2)oc2cc(NS(=O)(=O)CCCCl)c(OC(C)C)cc12. The third-order valence-corrected chi connectivity index (χ3v) is 6.15. The lowest BCUT2D eigenvalue weighted by molar-refractivity contribution is 0.0964. The highest BCUT2D eigenvalue weighted by atomic mass is 35.5. The van der Waals surface area contributed by atoms with Gasteiger partial charge in [0.25, 0.3) is 5.91 Å². The second kappa shape index (κ2) is 9.79. The minimum Gasteiger partial charge on any atom is -0.489 e. The number of fused-ring (bicyclic) bond motifs is 1. The molecule has 3 rings (SSSR count). The van der Waals surface area contributed by atoms with Crippen molar-refractivity contribution in [2.75, 3.05) is 23.4 Å². The highest BCUT2D eigenvalue weighted by Crippen LogP contribution is 2.39. The molecule has 0 fully saturated rings. The molecule has 0 saturated carbocycles. The lowest BCUT2D eigenvalue weighted by atomic mass is 10.0. The molecule has 0 saturated heterocycles. The number of rotatable bonds is 9. The molecule has 0 spiro atoms. The summed E-state index contributed by atoms with van der Waals surface area (Å²) in [5.74, 6) is -0.292. The molecule has 1 heterocycles. The topological polar surface area (TPSA) is 97.6 Å². The van der Waals surface area contributed by atoms with Gasteiger partial charge in [-0.1, -0.05) is 0 Å². The summed E-state index contributed by atoms with van der Waals surface area (Å²) in [6.07, 6.45) is 0.0287. The van der Waals surface area contributed by atoms with Crippen molar-refractivity contribution in [1.29, 1.82) is 0 Å². The van der Waals surface area contributed by atoms with E-state index in [0.717, 1.165) is 0 Å². The van der Waals surface area contributed by atoms with E-state index < -0.39 is 21.7 Å². The van der Waals surface area contributed by atoms with Crippen LogP contribution in [-0.4, -0.2) is 39.1 Å². The van der Waals surface area contributed by atoms with Crippen molar-refractivity contribution >= 4 is 44.2 Å². The van der Waals surface area contributed by atoms with Gasteiger partial charge in [0, 0.05) is 29.9 Å². The zero-order valence-corrected chi connectivity index (χ0v) is 19.4. The number of amides is 1. The van der Waals surface area contributed by atoms with Crippen LogP contribution in [0.25, 0.3) is 22.3 Å². The first-order chi connectivity index (χ1) is 15.1. The number of furan rings is 1. The molecule has 32 heavy (non-hydrogen) atoms. The number of ether oxygens (including phenoxy) is 1. The molecule has 0 unspecified atom stereocenters. The van der Waals surface area contributed by atoms with Crippen molar-refractivity contribution in [1.82, 2.24) is 5.32 Å². The fourth-order valence-electron chi connectivity index (χ4n) is 3.17. The van der Waals surface area contributed by atoms with E-state index in [-0.39, 0.29) is 52.5 Å². The Bertz CT molecular complexity index is 1220. The monoisotopic (exact) mass is 482 g/mol. The molecule has 0 bridgehead atoms. The van der Waals surface area contributed by atoms with Crippen molar-refractivity contribution < 1.29 is 26.8 Å². The van der Waals surface area contributed by atoms with Gasteiger partial charge in [0.05, 0.1) is 23.1 Å². The van der Waals surface area contributed by atoms with Crippen LogP contribution in [0.1, 0.15) is 30.6 Å². The van der Waals surface area contributed by atoms with Crippen LogP contribution in [0.3, 0.4) is 0 Å². The quantitative estimate of drug-likeness (QED) is 0.429. The maximum atomic E-state index is 13.4. The second-order valence-corrected chi connectivity index (χ2v) is 9.59. The zero-order valence-electron chi connectivity index (χ0n) is 17.9. The van der Waals surface area contributed by atoms with Gasteiger partial charge < -0.3 is 14.5 Å². The minimum absolute atomic E-state index is 0.155. The maximum Gasteiger partial charge on any atom is 0.255 e. The number of benzene rings is 2. The third kappa shape index (κ3) is 5.34. The number of sulfonamides is 1. The van der Waals surface area contributed by atoms with Gasteiger partial charge in [-0.3, -0.25) is 9.52 Å². The molecule has 2 aromatic carbocycles. The Kier molecular flexibility index (Phi) is 7.30. The molecule has 0 aliphatic rings. The number of carbonyl (C=O) groups is 1. The van der Waals surface area contributed by atoms with Crippen molar-refractivity contribution in [2.45, 2.75) is 26.4 Å². The van der Waals surface area contributed by atoms with E-state index in [1.54, 1.807) is 19.9 Å². The van der Waals surface area contributed by atoms with Gasteiger partial charge in [-0.25, -0.2) is 12.8 Å². The highest BCUT2D eigenvalue weighted by Gasteiger charge is 2.25. The van der Waals surface area contributed by atoms with Gasteiger partial charge in [-0.05, 0) is 50.6 Å². The first-order valence-corrected chi connectivity index (χ1v) is 12.2. The largest absolute Gasteiger partial charge is 0.489 e. The molecule has 0 aliphatic carbocycles. The van der Waals surface area contributed by atoms with E-state index in [9.17, 15) is 17.6 Å². The van der Waals surface area contributed by atoms with E-state index >= 15 is 0 Å². The molecule has 172 valence electrons. The van der Waals surface area contributed by atoms with E-state index in [2.05, 4.69) is 10.0 Å². The number of nitrogens with one attached hydrogen (secondary N) is 2. The average molecular weight is 483 g/mol. The van der Waals surface area contributed by atoms with E-state index in [1.165, 1.54) is 37.4 Å². The van der Waals surface area contributed by atoms with E-state index in [0.29, 0.717) is 10.9 Å². The van der Waals surface area contributed by atoms with Gasteiger partial charge >= 0.3 is 0 Å². The van der Waals surface area contributed by atoms with E-state index in [4.69, 9.17) is 20.8 Å². The Hall–Kier alpha value is -2.78. The van der Waals surface area contributed by atoms with Gasteiger partial charge in [0.2, 0.25) is 10.0 Å². The number of carbonyl (C=O) groups excluding carboxylic acids is 1. The van der Waals surface area contributed by atoms with Gasteiger partial charge in [-0.15, -0.1) is 11.6 Å². The zero-order chi connectivity index (χ0) is 23.5. The molecule has 0 atom stereocenters. The number of alkyl halides is 1. The smallest absolute Gasteiger partial charge is 0.255 e. The highest BCUT2D eigenvalue weighted by molar-refractivity contribution is 7.92. The van der Waals surface area contributed by atoms with Crippen LogP contribution >= 0.6 is 11.6 Å². The molecule has 1 amide bonds. The first kappa shape index (κ1) is 23.9. The number of halogens is 2. The predicted octanol–water partition coefficient (Wildman–Crippen LogP) is 4.76. The minimum atomic E-state index is -3.68. The summed E-state index contributed by atoms with van der Waals surface area (Å²) in [7, 11) is -2.20. The van der Waals surface area contributed by atoms with Crippen LogP contribution < -0.4 is 14.8 Å². The van der Waals surface area contributed by atoms with Crippen molar-refractivity contribution in [3.63, 3.8) is 0 Å². The molecular formula is C22H24ClFN2O5S. The third-order valence-electron chi connectivity index (χ3n) is 4.53. The summed E-state index contributed by atoms with van der Waals surface area (Å²) >= 11 is 5.63. The van der Waals surface area contributed by atoms with E-state index in [1.807, 2.05) is 0 Å². The standard InChI is InChI=1S/C22H24ClFN2O5S/c1-13(2)30-19-11-16-18(12-17(19)26-32(28,29)10-4-9-23)31-21(20(16)22(27)25-3)14-5-7-15(24)8-6-14/h5-8,11-13,26H,4,9-10H2,1-3H3,(H,25,27). The van der Waals surface area contributed by atoms with Gasteiger partial charge in [0.15, 0.2) is 0 Å². The first-order valence-electron chi connectivity index (χ1n) is 9.97. The summed E-state index contributed by atoms with van der Waals surface area (Å²) in [5.41, 5.74) is 1.19. The van der Waals surface area contributed by atoms with Crippen molar-refractivity contribution in [3.05, 3.63) is 47.8 Å². The van der Waals surface area contributed by atoms with Crippen LogP contribution in [0.2, 0.25) is 0 Å². The molecule has 2 N–H and O–H groups in total. The predicted molar refractivity (Wildman–Crippen MR) is 124 cm³/mol. The van der Waals surface area contributed by atoms with Crippen LogP contribution in [0, 0.1) is 5.82 Å². The van der Waals surface area contributed by atoms with Crippen LogP contribution in [0.4, 0.5) is 10.1 Å². The second-order valence-electron chi connectivity index (χ2n) is 7.37. The normalized spacial score (nSPS) is 11.7. The Morgan fingerprint density at radius 1 is 1.22 bits per heavy atom. The van der Waals surface area contributed by atoms with Crippen molar-refractivity contribution in [3.8, 4) is 17.1 Å². The van der Waals surface area contributed by atoms with Crippen LogP contribution in [0.15, 0.2) is 40.8 Å². The number of hydrogen-bond acceptors (Lipinski definition) is 5. The van der Waals surface area contributed by atoms with Crippen LogP contribution in [0.5, 0.6) is 5.75 Å². The molecule has 1 aromatic heterocycles. The fourth-order valence-corrected chi connectivity index (χ4v) is 4.59. The lowest BCUT2D eigenvalue weighted by Crippen LogP contribution is -2.19. The fraction of sp³-hybridized carbons (Fsp3) is 0.318.